The first-order valence-electron chi connectivity index (χ1n) is 37.5. The first-order chi connectivity index (χ1) is 40.0. The molecule has 0 spiro atoms. The number of rotatable bonds is 71. The van der Waals surface area contributed by atoms with Gasteiger partial charge in [0.2, 0.25) is 0 Å². The van der Waals surface area contributed by atoms with Crippen molar-refractivity contribution in [1.29, 1.82) is 0 Å². The van der Waals surface area contributed by atoms with E-state index in [1.807, 2.05) is 0 Å². The SMILES string of the molecule is CCCCCCCCCCCCCCCCCCCCCCCCCCCCCCCCC(=O)OCC(COC(=O)CCCCCCCCCCCCC)OC(=O)CCCCCCCCCCCCCCCCCCCCCCCC. The van der Waals surface area contributed by atoms with E-state index in [0.29, 0.717) is 19.3 Å². The lowest BCUT2D eigenvalue weighted by Gasteiger charge is -2.18. The fourth-order valence-corrected chi connectivity index (χ4v) is 12.0. The summed E-state index contributed by atoms with van der Waals surface area (Å²) in [7, 11) is 0. The Balaban J connectivity index is 4.08. The Morgan fingerprint density at radius 2 is 0.333 bits per heavy atom. The maximum absolute atomic E-state index is 12.9. The molecule has 1 atom stereocenters. The smallest absolute Gasteiger partial charge is 0.306 e. The Kier molecular flexibility index (Phi) is 69.5. The van der Waals surface area contributed by atoms with Gasteiger partial charge < -0.3 is 14.2 Å². The second kappa shape index (κ2) is 70.9. The lowest BCUT2D eigenvalue weighted by atomic mass is 10.0. The normalized spacial score (nSPS) is 11.9. The molecule has 0 saturated heterocycles. The van der Waals surface area contributed by atoms with Crippen molar-refractivity contribution in [2.45, 2.75) is 451 Å². The minimum atomic E-state index is -0.763. The van der Waals surface area contributed by atoms with Crippen molar-refractivity contribution in [2.75, 3.05) is 13.2 Å². The monoisotopic (exact) mass is 1140 g/mol. The van der Waals surface area contributed by atoms with Crippen LogP contribution in [-0.2, 0) is 28.6 Å². The Bertz CT molecular complexity index is 1220. The largest absolute Gasteiger partial charge is 0.462 e. The predicted octanol–water partition coefficient (Wildman–Crippen LogP) is 25.8. The average molecular weight is 1140 g/mol. The van der Waals surface area contributed by atoms with E-state index >= 15 is 0 Å². The third-order valence-corrected chi connectivity index (χ3v) is 17.6. The van der Waals surface area contributed by atoms with Crippen molar-refractivity contribution in [1.82, 2.24) is 0 Å². The van der Waals surface area contributed by atoms with Crippen LogP contribution in [0.25, 0.3) is 0 Å². The van der Waals surface area contributed by atoms with Crippen LogP contribution in [-0.4, -0.2) is 37.2 Å². The number of ether oxygens (including phenoxy) is 3. The molecule has 81 heavy (non-hydrogen) atoms. The molecule has 0 N–H and O–H groups in total. The van der Waals surface area contributed by atoms with Crippen LogP contribution in [0.2, 0.25) is 0 Å². The van der Waals surface area contributed by atoms with Gasteiger partial charge in [0, 0.05) is 19.3 Å². The highest BCUT2D eigenvalue weighted by Crippen LogP contribution is 2.20. The zero-order chi connectivity index (χ0) is 58.5. The summed E-state index contributed by atoms with van der Waals surface area (Å²) in [6, 6.07) is 0. The van der Waals surface area contributed by atoms with Gasteiger partial charge in [-0.05, 0) is 19.3 Å². The topological polar surface area (TPSA) is 78.9 Å². The lowest BCUT2D eigenvalue weighted by molar-refractivity contribution is -0.167. The lowest BCUT2D eigenvalue weighted by Crippen LogP contribution is -2.30. The van der Waals surface area contributed by atoms with Crippen molar-refractivity contribution in [2.24, 2.45) is 0 Å². The highest BCUT2D eigenvalue weighted by atomic mass is 16.6. The van der Waals surface area contributed by atoms with Crippen LogP contribution >= 0.6 is 0 Å². The molecule has 0 aromatic heterocycles. The van der Waals surface area contributed by atoms with E-state index in [2.05, 4.69) is 20.8 Å². The number of unbranched alkanes of at least 4 members (excludes halogenated alkanes) is 60. The number of carbonyl (C=O) groups is 3. The third kappa shape index (κ3) is 69.1. The first-order valence-corrected chi connectivity index (χ1v) is 37.5. The second-order valence-corrected chi connectivity index (χ2v) is 25.9. The zero-order valence-corrected chi connectivity index (χ0v) is 55.6. The van der Waals surface area contributed by atoms with E-state index < -0.39 is 6.10 Å². The summed E-state index contributed by atoms with van der Waals surface area (Å²) < 4.78 is 17.0. The molecule has 0 fully saturated rings. The van der Waals surface area contributed by atoms with Gasteiger partial charge in [-0.15, -0.1) is 0 Å². The minimum absolute atomic E-state index is 0.0603. The molecule has 0 aliphatic rings. The van der Waals surface area contributed by atoms with Gasteiger partial charge >= 0.3 is 17.9 Å². The molecule has 0 radical (unpaired) electrons. The van der Waals surface area contributed by atoms with Crippen molar-refractivity contribution >= 4 is 17.9 Å². The molecule has 0 aromatic carbocycles. The van der Waals surface area contributed by atoms with Gasteiger partial charge in [-0.1, -0.05) is 406 Å². The van der Waals surface area contributed by atoms with Crippen molar-refractivity contribution in [3.63, 3.8) is 0 Å². The number of esters is 3. The van der Waals surface area contributed by atoms with Gasteiger partial charge in [0.15, 0.2) is 6.10 Å². The molecule has 6 heteroatoms. The summed E-state index contributed by atoms with van der Waals surface area (Å²) in [6.45, 7) is 6.74. The molecule has 0 aliphatic carbocycles. The summed E-state index contributed by atoms with van der Waals surface area (Å²) in [5, 5.41) is 0. The molecule has 0 heterocycles. The van der Waals surface area contributed by atoms with Gasteiger partial charge in [-0.2, -0.15) is 0 Å². The maximum atomic E-state index is 12.9. The van der Waals surface area contributed by atoms with Crippen LogP contribution < -0.4 is 0 Å². The molecular formula is C75H146O6. The fourth-order valence-electron chi connectivity index (χ4n) is 12.0. The van der Waals surface area contributed by atoms with Gasteiger partial charge in [0.25, 0.3) is 0 Å². The van der Waals surface area contributed by atoms with Crippen molar-refractivity contribution < 1.29 is 28.6 Å². The highest BCUT2D eigenvalue weighted by molar-refractivity contribution is 5.71. The predicted molar refractivity (Wildman–Crippen MR) is 354 cm³/mol. The Labute approximate surface area is 508 Å². The van der Waals surface area contributed by atoms with E-state index in [-0.39, 0.29) is 31.1 Å². The van der Waals surface area contributed by atoms with E-state index in [4.69, 9.17) is 14.2 Å². The van der Waals surface area contributed by atoms with E-state index in [1.165, 1.54) is 347 Å². The third-order valence-electron chi connectivity index (χ3n) is 17.6. The minimum Gasteiger partial charge on any atom is -0.462 e. The van der Waals surface area contributed by atoms with Gasteiger partial charge in [0.1, 0.15) is 13.2 Å². The molecule has 1 unspecified atom stereocenters. The molecule has 0 bridgehead atoms. The fraction of sp³-hybridized carbons (Fsp3) is 0.960. The Morgan fingerprint density at radius 1 is 0.198 bits per heavy atom. The summed E-state index contributed by atoms with van der Waals surface area (Å²) in [6.07, 6.45) is 84.5. The van der Waals surface area contributed by atoms with Crippen LogP contribution in [0.4, 0.5) is 0 Å². The van der Waals surface area contributed by atoms with Gasteiger partial charge in [-0.25, -0.2) is 0 Å². The van der Waals surface area contributed by atoms with Crippen LogP contribution in [0.15, 0.2) is 0 Å². The number of hydrogen-bond donors (Lipinski definition) is 0. The highest BCUT2D eigenvalue weighted by Gasteiger charge is 2.20. The molecule has 482 valence electrons. The molecule has 0 amide bonds. The summed E-state index contributed by atoms with van der Waals surface area (Å²) in [5.41, 5.74) is 0. The molecule has 0 saturated carbocycles. The van der Waals surface area contributed by atoms with Crippen molar-refractivity contribution in [3.05, 3.63) is 0 Å². The number of carbonyl (C=O) groups excluding carboxylic acids is 3. The Morgan fingerprint density at radius 3 is 0.494 bits per heavy atom. The van der Waals surface area contributed by atoms with Crippen LogP contribution in [0.5, 0.6) is 0 Å². The van der Waals surface area contributed by atoms with Gasteiger partial charge in [-0.3, -0.25) is 14.4 Å². The van der Waals surface area contributed by atoms with E-state index in [0.717, 1.165) is 57.8 Å². The molecule has 6 nitrogen and oxygen atoms in total. The van der Waals surface area contributed by atoms with Gasteiger partial charge in [0.05, 0.1) is 0 Å². The number of hydrogen-bond acceptors (Lipinski definition) is 6. The van der Waals surface area contributed by atoms with E-state index in [9.17, 15) is 14.4 Å². The average Bonchev–Trinajstić information content (AvgIpc) is 3.47. The van der Waals surface area contributed by atoms with Crippen LogP contribution in [0.3, 0.4) is 0 Å². The van der Waals surface area contributed by atoms with Crippen LogP contribution in [0, 0.1) is 0 Å². The summed E-state index contributed by atoms with van der Waals surface area (Å²) in [5.74, 6) is -0.820. The zero-order valence-electron chi connectivity index (χ0n) is 55.6. The Hall–Kier alpha value is -1.59. The van der Waals surface area contributed by atoms with Crippen molar-refractivity contribution in [3.8, 4) is 0 Å². The first kappa shape index (κ1) is 79.4. The molecule has 0 aliphatic heterocycles. The molecular weight excluding hydrogens is 997 g/mol. The summed E-state index contributed by atoms with van der Waals surface area (Å²) in [4.78, 5) is 38.4. The summed E-state index contributed by atoms with van der Waals surface area (Å²) >= 11 is 0. The van der Waals surface area contributed by atoms with Crippen LogP contribution in [0.1, 0.15) is 445 Å². The molecule has 0 aromatic rings. The maximum Gasteiger partial charge on any atom is 0.306 e. The van der Waals surface area contributed by atoms with E-state index in [1.54, 1.807) is 0 Å². The quantitative estimate of drug-likeness (QED) is 0.0343. The molecule has 0 rings (SSSR count). The second-order valence-electron chi connectivity index (χ2n) is 25.9. The standard InChI is InChI=1S/C75H146O6/c1-4-7-10-13-16-19-22-24-26-28-30-32-34-35-36-37-38-39-40-41-43-44-46-48-50-53-56-59-62-65-68-74(77)80-71-72(70-79-73(76)67-64-61-58-55-52-21-18-15-12-9-6-3)81-75(78)69-66-63-60-57-54-51-49-47-45-42-33-31-29-27-25-23-20-17-14-11-8-5-2/h72H,4-71H2,1-3H3.